The number of hydrogen-bond donors (Lipinski definition) is 2. The number of aryl methyl sites for hydroxylation is 1. The van der Waals surface area contributed by atoms with Crippen molar-refractivity contribution in [2.75, 3.05) is 44.6 Å². The average Bonchev–Trinajstić information content (AvgIpc) is 3.51. The Morgan fingerprint density at radius 2 is 1.75 bits per heavy atom. The van der Waals surface area contributed by atoms with Gasteiger partial charge in [0.2, 0.25) is 5.95 Å². The number of aliphatic hydroxyl groups is 1. The van der Waals surface area contributed by atoms with Crippen LogP contribution in [0.3, 0.4) is 0 Å². The van der Waals surface area contributed by atoms with Crippen LogP contribution in [0.4, 0.5) is 11.8 Å². The van der Waals surface area contributed by atoms with Crippen LogP contribution >= 0.6 is 0 Å². The minimum Gasteiger partial charge on any atom is -0.389 e. The SMILES string of the molecule is C[C@@H]1Cc2nn(C)c(-c3ccccc3)c2-c2nc(Nc3ccn(CCN4CCN(CC(C)(C)O)CC4)n3)ncc21. The van der Waals surface area contributed by atoms with E-state index < -0.39 is 5.60 Å². The van der Waals surface area contributed by atoms with E-state index in [1.807, 2.05) is 54.8 Å². The van der Waals surface area contributed by atoms with Gasteiger partial charge in [-0.05, 0) is 26.2 Å². The van der Waals surface area contributed by atoms with Crippen LogP contribution in [0.1, 0.15) is 37.9 Å². The molecule has 1 saturated heterocycles. The quantitative estimate of drug-likeness (QED) is 0.350. The number of nitrogens with one attached hydrogen (secondary N) is 1. The monoisotopic (exact) mass is 541 g/mol. The van der Waals surface area contributed by atoms with Crippen LogP contribution in [0.25, 0.3) is 22.5 Å². The van der Waals surface area contributed by atoms with Crippen LogP contribution in [-0.4, -0.2) is 89.3 Å². The zero-order valence-corrected chi connectivity index (χ0v) is 23.9. The zero-order chi connectivity index (χ0) is 27.9. The van der Waals surface area contributed by atoms with E-state index in [-0.39, 0.29) is 0 Å². The predicted molar refractivity (Wildman–Crippen MR) is 156 cm³/mol. The van der Waals surface area contributed by atoms with Crippen LogP contribution < -0.4 is 5.32 Å². The molecule has 1 aliphatic heterocycles. The maximum atomic E-state index is 10.1. The first kappa shape index (κ1) is 26.6. The molecule has 1 atom stereocenters. The molecule has 2 N–H and O–H groups in total. The number of aromatic nitrogens is 6. The normalized spacial score (nSPS) is 18.0. The largest absolute Gasteiger partial charge is 0.389 e. The number of piperazine rings is 1. The standard InChI is InChI=1S/C30H39N9O/c1-21-18-24-26(28(36(4)34-24)22-8-6-5-7-9-22)27-23(21)19-31-29(33-27)32-25-10-11-39(35-25)17-16-37-12-14-38(15-13-37)20-30(2,3)40/h5-11,19,21,40H,12-18,20H2,1-4H3,(H,31,32,33,35)/t21-/m1/s1. The molecule has 2 aliphatic rings. The molecular weight excluding hydrogens is 502 g/mol. The molecule has 0 bridgehead atoms. The van der Waals surface area contributed by atoms with Crippen molar-refractivity contribution in [1.82, 2.24) is 39.3 Å². The van der Waals surface area contributed by atoms with Crippen molar-refractivity contribution in [3.63, 3.8) is 0 Å². The first-order valence-corrected chi connectivity index (χ1v) is 14.2. The molecule has 1 aromatic carbocycles. The molecule has 0 spiro atoms. The summed E-state index contributed by atoms with van der Waals surface area (Å²) in [6, 6.07) is 12.4. The van der Waals surface area contributed by atoms with Gasteiger partial charge in [0.05, 0.1) is 29.2 Å². The number of hydrogen-bond acceptors (Lipinski definition) is 8. The van der Waals surface area contributed by atoms with Crippen molar-refractivity contribution in [2.24, 2.45) is 7.05 Å². The molecule has 10 heteroatoms. The van der Waals surface area contributed by atoms with Gasteiger partial charge in [-0.1, -0.05) is 37.3 Å². The average molecular weight is 542 g/mol. The highest BCUT2D eigenvalue weighted by Gasteiger charge is 2.30. The Morgan fingerprint density at radius 1 is 1.00 bits per heavy atom. The highest BCUT2D eigenvalue weighted by molar-refractivity contribution is 5.84. The van der Waals surface area contributed by atoms with E-state index >= 15 is 0 Å². The number of fused-ring (bicyclic) bond motifs is 3. The van der Waals surface area contributed by atoms with Gasteiger partial charge in [-0.25, -0.2) is 9.97 Å². The van der Waals surface area contributed by atoms with Gasteiger partial charge in [0.1, 0.15) is 0 Å². The Morgan fingerprint density at radius 3 is 2.50 bits per heavy atom. The third-order valence-electron chi connectivity index (χ3n) is 7.85. The minimum absolute atomic E-state index is 0.297. The molecule has 0 saturated carbocycles. The van der Waals surface area contributed by atoms with Crippen molar-refractivity contribution >= 4 is 11.8 Å². The Hall–Kier alpha value is -3.60. The van der Waals surface area contributed by atoms with E-state index in [9.17, 15) is 5.11 Å². The van der Waals surface area contributed by atoms with E-state index in [2.05, 4.69) is 51.3 Å². The van der Waals surface area contributed by atoms with E-state index in [0.29, 0.717) is 18.4 Å². The summed E-state index contributed by atoms with van der Waals surface area (Å²) in [5.41, 5.74) is 5.84. The summed E-state index contributed by atoms with van der Waals surface area (Å²) in [4.78, 5) is 14.5. The highest BCUT2D eigenvalue weighted by atomic mass is 16.3. The van der Waals surface area contributed by atoms with Gasteiger partial charge in [0, 0.05) is 81.5 Å². The van der Waals surface area contributed by atoms with E-state index in [1.165, 1.54) is 0 Å². The van der Waals surface area contributed by atoms with Crippen LogP contribution in [0, 0.1) is 0 Å². The summed E-state index contributed by atoms with van der Waals surface area (Å²) in [6.07, 6.45) is 4.83. The molecule has 10 nitrogen and oxygen atoms in total. The van der Waals surface area contributed by atoms with Gasteiger partial charge in [-0.15, -0.1) is 0 Å². The number of benzene rings is 1. The summed E-state index contributed by atoms with van der Waals surface area (Å²) >= 11 is 0. The summed E-state index contributed by atoms with van der Waals surface area (Å²) in [7, 11) is 2.01. The summed E-state index contributed by atoms with van der Waals surface area (Å²) < 4.78 is 3.95. The van der Waals surface area contributed by atoms with Crippen molar-refractivity contribution < 1.29 is 5.11 Å². The van der Waals surface area contributed by atoms with E-state index in [4.69, 9.17) is 15.2 Å². The zero-order valence-electron chi connectivity index (χ0n) is 23.9. The molecular formula is C30H39N9O. The van der Waals surface area contributed by atoms with Gasteiger partial charge in [0.15, 0.2) is 5.82 Å². The summed E-state index contributed by atoms with van der Waals surface area (Å²) in [6.45, 7) is 12.4. The minimum atomic E-state index is -0.648. The van der Waals surface area contributed by atoms with Gasteiger partial charge < -0.3 is 10.4 Å². The van der Waals surface area contributed by atoms with Crippen LogP contribution in [0.2, 0.25) is 0 Å². The van der Waals surface area contributed by atoms with Gasteiger partial charge in [-0.3, -0.25) is 19.2 Å². The molecule has 3 aromatic heterocycles. The molecule has 210 valence electrons. The topological polar surface area (TPSA) is 100 Å². The summed E-state index contributed by atoms with van der Waals surface area (Å²) in [5, 5.41) is 23.0. The van der Waals surface area contributed by atoms with Gasteiger partial charge in [0.25, 0.3) is 0 Å². The fourth-order valence-corrected chi connectivity index (χ4v) is 5.94. The maximum Gasteiger partial charge on any atom is 0.228 e. The van der Waals surface area contributed by atoms with Crippen LogP contribution in [-0.2, 0) is 20.0 Å². The third-order valence-corrected chi connectivity index (χ3v) is 7.85. The van der Waals surface area contributed by atoms with Crippen LogP contribution in [0.15, 0.2) is 48.8 Å². The van der Waals surface area contributed by atoms with Crippen molar-refractivity contribution in [3.8, 4) is 22.5 Å². The lowest BCUT2D eigenvalue weighted by molar-refractivity contribution is 0.0173. The predicted octanol–water partition coefficient (Wildman–Crippen LogP) is 3.53. The second-order valence-electron chi connectivity index (χ2n) is 11.8. The third kappa shape index (κ3) is 5.65. The first-order chi connectivity index (χ1) is 19.2. The van der Waals surface area contributed by atoms with E-state index in [0.717, 1.165) is 85.3 Å². The number of rotatable bonds is 8. The maximum absolute atomic E-state index is 10.1. The Kier molecular flexibility index (Phi) is 7.16. The molecule has 4 aromatic rings. The number of β-amino-alcohol motifs (C(OH)–C–C–N with tert-alkyl or cyclic N) is 1. The Balaban J connectivity index is 1.14. The second-order valence-corrected chi connectivity index (χ2v) is 11.8. The molecule has 6 rings (SSSR count). The Labute approximate surface area is 235 Å². The Bertz CT molecular complexity index is 1460. The molecule has 1 aliphatic carbocycles. The number of anilines is 2. The first-order valence-electron chi connectivity index (χ1n) is 14.2. The van der Waals surface area contributed by atoms with Crippen molar-refractivity contribution in [2.45, 2.75) is 45.3 Å². The number of nitrogens with zero attached hydrogens (tertiary/aromatic N) is 8. The fourth-order valence-electron chi connectivity index (χ4n) is 5.94. The smallest absolute Gasteiger partial charge is 0.228 e. The van der Waals surface area contributed by atoms with Gasteiger partial charge in [-0.2, -0.15) is 10.2 Å². The molecule has 40 heavy (non-hydrogen) atoms. The molecule has 1 fully saturated rings. The van der Waals surface area contributed by atoms with Crippen molar-refractivity contribution in [1.29, 1.82) is 0 Å². The molecule has 0 unspecified atom stereocenters. The molecule has 0 amide bonds. The lowest BCUT2D eigenvalue weighted by Crippen LogP contribution is -2.50. The van der Waals surface area contributed by atoms with Gasteiger partial charge >= 0.3 is 0 Å². The fraction of sp³-hybridized carbons (Fsp3) is 0.467. The molecule has 0 radical (unpaired) electrons. The highest BCUT2D eigenvalue weighted by Crippen LogP contribution is 2.43. The van der Waals surface area contributed by atoms with Crippen molar-refractivity contribution in [3.05, 3.63) is 60.0 Å². The lowest BCUT2D eigenvalue weighted by Gasteiger charge is -2.37. The van der Waals surface area contributed by atoms with E-state index in [1.54, 1.807) is 0 Å². The lowest BCUT2D eigenvalue weighted by atomic mass is 9.85. The summed E-state index contributed by atoms with van der Waals surface area (Å²) in [5.74, 6) is 1.56. The van der Waals surface area contributed by atoms with Crippen LogP contribution in [0.5, 0.6) is 0 Å². The molecule has 4 heterocycles. The second kappa shape index (κ2) is 10.8.